The van der Waals surface area contributed by atoms with E-state index < -0.39 is 0 Å². The quantitative estimate of drug-likeness (QED) is 0.376. The standard InChI is InChI=1S/C26H23N9O2/c1-37-22-6-5-17(10-19(22)11-27)12-31-24-20(25(36)32-14-23-29-8-3-9-30-23)13-33-26(34-24)35-15-18-4-2-7-28-21(18)16-35/h2-10,13H,12,14-16H2,1H3,(H,32,36)(H,31,33,34). The van der Waals surface area contributed by atoms with E-state index in [1.54, 1.807) is 36.8 Å². The Kier molecular flexibility index (Phi) is 6.80. The first kappa shape index (κ1) is 23.6. The molecule has 4 aromatic rings. The van der Waals surface area contributed by atoms with E-state index >= 15 is 0 Å². The van der Waals surface area contributed by atoms with Crippen molar-refractivity contribution in [3.05, 3.63) is 95.0 Å². The molecule has 0 bridgehead atoms. The Morgan fingerprint density at radius 1 is 1.08 bits per heavy atom. The van der Waals surface area contributed by atoms with Crippen LogP contribution >= 0.6 is 0 Å². The van der Waals surface area contributed by atoms with E-state index in [-0.39, 0.29) is 18.0 Å². The van der Waals surface area contributed by atoms with Crippen molar-refractivity contribution in [3.63, 3.8) is 0 Å². The number of hydrogen-bond donors (Lipinski definition) is 2. The van der Waals surface area contributed by atoms with Gasteiger partial charge < -0.3 is 20.3 Å². The van der Waals surface area contributed by atoms with Gasteiger partial charge in [0.2, 0.25) is 5.95 Å². The van der Waals surface area contributed by atoms with Crippen LogP contribution in [-0.4, -0.2) is 37.9 Å². The van der Waals surface area contributed by atoms with Crippen molar-refractivity contribution in [2.24, 2.45) is 0 Å². The number of carbonyl (C=O) groups is 1. The van der Waals surface area contributed by atoms with E-state index in [4.69, 9.17) is 9.72 Å². The summed E-state index contributed by atoms with van der Waals surface area (Å²) in [5.41, 5.74) is 3.64. The third-order valence-corrected chi connectivity index (χ3v) is 5.86. The van der Waals surface area contributed by atoms with Crippen molar-refractivity contribution in [1.29, 1.82) is 5.26 Å². The highest BCUT2D eigenvalue weighted by Gasteiger charge is 2.24. The van der Waals surface area contributed by atoms with E-state index in [0.717, 1.165) is 16.8 Å². The van der Waals surface area contributed by atoms with E-state index in [0.29, 0.717) is 48.5 Å². The summed E-state index contributed by atoms with van der Waals surface area (Å²) in [5, 5.41) is 15.5. The number of aromatic nitrogens is 5. The lowest BCUT2D eigenvalue weighted by Gasteiger charge is -2.18. The molecule has 3 aromatic heterocycles. The van der Waals surface area contributed by atoms with Crippen LogP contribution in [0.1, 0.15) is 38.6 Å². The number of benzene rings is 1. The van der Waals surface area contributed by atoms with E-state index in [1.165, 1.54) is 13.3 Å². The molecule has 0 spiro atoms. The van der Waals surface area contributed by atoms with Gasteiger partial charge in [-0.25, -0.2) is 15.0 Å². The van der Waals surface area contributed by atoms with Crippen molar-refractivity contribution in [1.82, 2.24) is 30.2 Å². The SMILES string of the molecule is COc1ccc(CNc2nc(N3Cc4cccnc4C3)ncc2C(=O)NCc2ncccn2)cc1C#N. The minimum Gasteiger partial charge on any atom is -0.495 e. The smallest absolute Gasteiger partial charge is 0.256 e. The molecule has 0 radical (unpaired) electrons. The van der Waals surface area contributed by atoms with Crippen LogP contribution in [0.2, 0.25) is 0 Å². The molecule has 2 N–H and O–H groups in total. The molecule has 37 heavy (non-hydrogen) atoms. The number of amides is 1. The zero-order valence-electron chi connectivity index (χ0n) is 20.0. The van der Waals surface area contributed by atoms with Gasteiger partial charge in [-0.1, -0.05) is 12.1 Å². The van der Waals surface area contributed by atoms with Crippen molar-refractivity contribution in [2.45, 2.75) is 26.2 Å². The average Bonchev–Trinajstić information content (AvgIpc) is 3.39. The molecule has 184 valence electrons. The van der Waals surface area contributed by atoms with Crippen molar-refractivity contribution >= 4 is 17.7 Å². The van der Waals surface area contributed by atoms with Gasteiger partial charge in [-0.05, 0) is 35.4 Å². The molecule has 0 saturated carbocycles. The lowest BCUT2D eigenvalue weighted by molar-refractivity contribution is 0.0950. The molecule has 1 amide bonds. The van der Waals surface area contributed by atoms with E-state index in [2.05, 4.69) is 36.6 Å². The topological polar surface area (TPSA) is 142 Å². The second-order valence-electron chi connectivity index (χ2n) is 8.25. The lowest BCUT2D eigenvalue weighted by atomic mass is 10.1. The summed E-state index contributed by atoms with van der Waals surface area (Å²) in [5.74, 6) is 1.49. The highest BCUT2D eigenvalue weighted by Crippen LogP contribution is 2.26. The molecule has 0 unspecified atom stereocenters. The first-order chi connectivity index (χ1) is 18.1. The number of nitrogens with zero attached hydrogens (tertiary/aromatic N) is 7. The van der Waals surface area contributed by atoms with Crippen LogP contribution in [0.3, 0.4) is 0 Å². The normalized spacial score (nSPS) is 11.9. The zero-order valence-corrected chi connectivity index (χ0v) is 20.0. The molecule has 1 aliphatic heterocycles. The molecule has 5 rings (SSSR count). The Hall–Kier alpha value is -5.11. The van der Waals surface area contributed by atoms with E-state index in [1.807, 2.05) is 23.1 Å². The Bertz CT molecular complexity index is 1450. The van der Waals surface area contributed by atoms with Crippen LogP contribution in [0.15, 0.2) is 61.2 Å². The predicted molar refractivity (Wildman–Crippen MR) is 134 cm³/mol. The summed E-state index contributed by atoms with van der Waals surface area (Å²) < 4.78 is 5.23. The van der Waals surface area contributed by atoms with Gasteiger partial charge in [0.05, 0.1) is 31.5 Å². The van der Waals surface area contributed by atoms with Gasteiger partial charge >= 0.3 is 0 Å². The van der Waals surface area contributed by atoms with Gasteiger partial charge in [-0.15, -0.1) is 0 Å². The summed E-state index contributed by atoms with van der Waals surface area (Å²) in [6.45, 7) is 1.71. The highest BCUT2D eigenvalue weighted by molar-refractivity contribution is 5.98. The monoisotopic (exact) mass is 493 g/mol. The average molecular weight is 494 g/mol. The highest BCUT2D eigenvalue weighted by atomic mass is 16.5. The molecule has 4 heterocycles. The van der Waals surface area contributed by atoms with Crippen molar-refractivity contribution in [2.75, 3.05) is 17.3 Å². The summed E-state index contributed by atoms with van der Waals surface area (Å²) in [7, 11) is 1.52. The number of fused-ring (bicyclic) bond motifs is 1. The molecule has 0 atom stereocenters. The Balaban J connectivity index is 1.39. The predicted octanol–water partition coefficient (Wildman–Crippen LogP) is 2.60. The summed E-state index contributed by atoms with van der Waals surface area (Å²) in [4.78, 5) is 37.0. The van der Waals surface area contributed by atoms with Gasteiger partial charge in [0.15, 0.2) is 0 Å². The zero-order chi connectivity index (χ0) is 25.6. The molecule has 0 saturated heterocycles. The molecule has 0 aliphatic carbocycles. The molecule has 1 aromatic carbocycles. The maximum Gasteiger partial charge on any atom is 0.256 e. The number of nitrogens with one attached hydrogen (secondary N) is 2. The maximum atomic E-state index is 13.1. The Labute approximate surface area is 213 Å². The van der Waals surface area contributed by atoms with Crippen LogP contribution in [0.25, 0.3) is 0 Å². The number of carbonyl (C=O) groups excluding carboxylic acids is 1. The fraction of sp³-hybridized carbons (Fsp3) is 0.192. The first-order valence-electron chi connectivity index (χ1n) is 11.5. The van der Waals surface area contributed by atoms with Gasteiger partial charge in [-0.2, -0.15) is 10.2 Å². The molecular formula is C26H23N9O2. The van der Waals surface area contributed by atoms with Gasteiger partial charge in [0.25, 0.3) is 5.91 Å². The molecule has 11 heteroatoms. The summed E-state index contributed by atoms with van der Waals surface area (Å²) in [6.07, 6.45) is 6.51. The van der Waals surface area contributed by atoms with E-state index in [9.17, 15) is 10.1 Å². The minimum atomic E-state index is -0.361. The van der Waals surface area contributed by atoms with Crippen LogP contribution in [0.4, 0.5) is 11.8 Å². The number of anilines is 2. The Morgan fingerprint density at radius 2 is 1.92 bits per heavy atom. The molecular weight excluding hydrogens is 470 g/mol. The molecule has 1 aliphatic rings. The van der Waals surface area contributed by atoms with Crippen molar-refractivity contribution < 1.29 is 9.53 Å². The second kappa shape index (κ2) is 10.7. The van der Waals surface area contributed by atoms with Crippen molar-refractivity contribution in [3.8, 4) is 11.8 Å². The fourth-order valence-corrected chi connectivity index (χ4v) is 3.98. The number of rotatable bonds is 8. The number of nitriles is 1. The fourth-order valence-electron chi connectivity index (χ4n) is 3.98. The lowest BCUT2D eigenvalue weighted by Crippen LogP contribution is -2.26. The minimum absolute atomic E-state index is 0.165. The number of pyridine rings is 1. The van der Waals surface area contributed by atoms with Gasteiger partial charge in [0, 0.05) is 37.9 Å². The largest absolute Gasteiger partial charge is 0.495 e. The van der Waals surface area contributed by atoms with Crippen LogP contribution in [0.5, 0.6) is 5.75 Å². The van der Waals surface area contributed by atoms with Gasteiger partial charge in [0.1, 0.15) is 29.0 Å². The second-order valence-corrected chi connectivity index (χ2v) is 8.25. The Morgan fingerprint density at radius 3 is 2.70 bits per heavy atom. The third-order valence-electron chi connectivity index (χ3n) is 5.86. The third kappa shape index (κ3) is 5.28. The van der Waals surface area contributed by atoms with Crippen LogP contribution in [0, 0.1) is 11.3 Å². The number of ether oxygens (including phenoxy) is 1. The van der Waals surface area contributed by atoms with Gasteiger partial charge in [-0.3, -0.25) is 9.78 Å². The first-order valence-corrected chi connectivity index (χ1v) is 11.5. The molecule has 0 fully saturated rings. The van der Waals surface area contributed by atoms with Crippen LogP contribution in [-0.2, 0) is 26.2 Å². The summed E-state index contributed by atoms with van der Waals surface area (Å²) >= 11 is 0. The number of methoxy groups -OCH3 is 1. The number of hydrogen-bond acceptors (Lipinski definition) is 10. The van der Waals surface area contributed by atoms with Crippen LogP contribution < -0.4 is 20.3 Å². The summed E-state index contributed by atoms with van der Waals surface area (Å²) in [6, 6.07) is 13.1. The molecule has 11 nitrogen and oxygen atoms in total. The maximum absolute atomic E-state index is 13.1.